The largest absolute Gasteiger partial charge is 0.460 e. The second kappa shape index (κ2) is 7.00. The van der Waals surface area contributed by atoms with E-state index in [1.807, 2.05) is 37.3 Å². The van der Waals surface area contributed by atoms with Crippen LogP contribution in [0.3, 0.4) is 0 Å². The van der Waals surface area contributed by atoms with E-state index in [-0.39, 0.29) is 23.8 Å². The molecule has 9 heteroatoms. The lowest BCUT2D eigenvalue weighted by Gasteiger charge is -2.22. The predicted molar refractivity (Wildman–Crippen MR) is 111 cm³/mol. The average molecular weight is 422 g/mol. The SMILES string of the molecule is Cc1nn(-c2ccc(=O)[nH]n2)c2c1C(c1ccc(-c3cccc(Cl)c3)o1)CC(=O)N2. The van der Waals surface area contributed by atoms with Crippen molar-refractivity contribution in [3.8, 4) is 17.1 Å². The number of rotatable bonds is 3. The molecule has 1 aliphatic heterocycles. The number of aromatic amines is 1. The molecule has 1 atom stereocenters. The molecule has 8 nitrogen and oxygen atoms in total. The van der Waals surface area contributed by atoms with Crippen LogP contribution in [0.1, 0.15) is 29.4 Å². The Kier molecular flexibility index (Phi) is 4.29. The molecule has 4 heterocycles. The van der Waals surface area contributed by atoms with E-state index in [0.717, 1.165) is 16.8 Å². The van der Waals surface area contributed by atoms with Crippen LogP contribution in [-0.2, 0) is 4.79 Å². The summed E-state index contributed by atoms with van der Waals surface area (Å²) in [5.74, 6) is 1.82. The zero-order valence-corrected chi connectivity index (χ0v) is 16.6. The molecule has 150 valence electrons. The molecule has 0 aliphatic carbocycles. The van der Waals surface area contributed by atoms with Crippen LogP contribution in [0.25, 0.3) is 17.1 Å². The van der Waals surface area contributed by atoms with Gasteiger partial charge < -0.3 is 9.73 Å². The van der Waals surface area contributed by atoms with Gasteiger partial charge in [0.2, 0.25) is 5.91 Å². The summed E-state index contributed by atoms with van der Waals surface area (Å²) in [5.41, 5.74) is 2.14. The minimum Gasteiger partial charge on any atom is -0.460 e. The molecule has 1 aromatic carbocycles. The number of aryl methyl sites for hydroxylation is 1. The number of nitrogens with one attached hydrogen (secondary N) is 2. The van der Waals surface area contributed by atoms with Crippen LogP contribution in [-0.4, -0.2) is 25.9 Å². The topological polar surface area (TPSA) is 106 Å². The highest BCUT2D eigenvalue weighted by Gasteiger charge is 2.34. The van der Waals surface area contributed by atoms with Gasteiger partial charge in [-0.05, 0) is 37.3 Å². The van der Waals surface area contributed by atoms with Crippen molar-refractivity contribution < 1.29 is 9.21 Å². The molecular weight excluding hydrogens is 406 g/mol. The van der Waals surface area contributed by atoms with E-state index in [9.17, 15) is 9.59 Å². The third-order valence-electron chi connectivity index (χ3n) is 5.06. The Bertz CT molecular complexity index is 1320. The van der Waals surface area contributed by atoms with Crippen LogP contribution in [0.15, 0.2) is 57.7 Å². The maximum Gasteiger partial charge on any atom is 0.264 e. The van der Waals surface area contributed by atoms with Crippen LogP contribution >= 0.6 is 11.6 Å². The number of amides is 1. The summed E-state index contributed by atoms with van der Waals surface area (Å²) in [6.45, 7) is 1.87. The lowest BCUT2D eigenvalue weighted by atomic mass is 9.90. The van der Waals surface area contributed by atoms with E-state index in [0.29, 0.717) is 28.2 Å². The number of nitrogens with zero attached hydrogens (tertiary/aromatic N) is 3. The number of hydrogen-bond donors (Lipinski definition) is 2. The number of H-pyrrole nitrogens is 1. The van der Waals surface area contributed by atoms with E-state index < -0.39 is 0 Å². The number of halogens is 1. The van der Waals surface area contributed by atoms with Gasteiger partial charge in [0.1, 0.15) is 17.3 Å². The summed E-state index contributed by atoms with van der Waals surface area (Å²) >= 11 is 6.09. The predicted octanol–water partition coefficient (Wildman–Crippen LogP) is 3.65. The molecular formula is C21H16ClN5O3. The van der Waals surface area contributed by atoms with Gasteiger partial charge in [-0.25, -0.2) is 5.10 Å². The maximum absolute atomic E-state index is 12.5. The fourth-order valence-electron chi connectivity index (χ4n) is 3.75. The van der Waals surface area contributed by atoms with Crippen LogP contribution < -0.4 is 10.9 Å². The number of fused-ring (bicyclic) bond motifs is 1. The van der Waals surface area contributed by atoms with E-state index in [4.69, 9.17) is 16.0 Å². The van der Waals surface area contributed by atoms with Crippen LogP contribution in [0.5, 0.6) is 0 Å². The van der Waals surface area contributed by atoms with Gasteiger partial charge in [-0.1, -0.05) is 23.7 Å². The monoisotopic (exact) mass is 421 g/mol. The summed E-state index contributed by atoms with van der Waals surface area (Å²) in [6.07, 6.45) is 0.237. The fourth-order valence-corrected chi connectivity index (χ4v) is 3.94. The number of benzene rings is 1. The Morgan fingerprint density at radius 2 is 2.03 bits per heavy atom. The number of anilines is 1. The maximum atomic E-state index is 12.5. The first-order valence-electron chi connectivity index (χ1n) is 9.31. The van der Waals surface area contributed by atoms with Crippen molar-refractivity contribution in [1.29, 1.82) is 0 Å². The zero-order chi connectivity index (χ0) is 20.8. The lowest BCUT2D eigenvalue weighted by Crippen LogP contribution is -2.25. The Morgan fingerprint density at radius 3 is 2.80 bits per heavy atom. The molecule has 0 bridgehead atoms. The third-order valence-corrected chi connectivity index (χ3v) is 5.30. The number of carbonyl (C=O) groups excluding carboxylic acids is 1. The molecule has 0 saturated carbocycles. The highest BCUT2D eigenvalue weighted by molar-refractivity contribution is 6.30. The van der Waals surface area contributed by atoms with Gasteiger partial charge in [0, 0.05) is 28.6 Å². The molecule has 0 spiro atoms. The third kappa shape index (κ3) is 3.11. The Balaban J connectivity index is 1.59. The van der Waals surface area contributed by atoms with Gasteiger partial charge in [0.25, 0.3) is 5.56 Å². The van der Waals surface area contributed by atoms with Crippen LogP contribution in [0, 0.1) is 6.92 Å². The summed E-state index contributed by atoms with van der Waals surface area (Å²) in [5, 5.41) is 14.4. The molecule has 3 aromatic heterocycles. The highest BCUT2D eigenvalue weighted by Crippen LogP contribution is 2.41. The molecule has 0 fully saturated rings. The number of furan rings is 1. The van der Waals surface area contributed by atoms with Gasteiger partial charge in [-0.15, -0.1) is 0 Å². The van der Waals surface area contributed by atoms with Gasteiger partial charge in [0.05, 0.1) is 11.6 Å². The standard InChI is InChI=1S/C21H16ClN5O3/c1-11-20-14(16-6-5-15(30-16)12-3-2-4-13(22)9-12)10-19(29)23-21(20)27(26-11)17-7-8-18(28)25-24-17/h2-9,14H,10H2,1H3,(H,23,29)(H,25,28). The van der Waals surface area contributed by atoms with Crippen molar-refractivity contribution in [3.63, 3.8) is 0 Å². The van der Waals surface area contributed by atoms with Crippen molar-refractivity contribution in [2.75, 3.05) is 5.32 Å². The molecule has 0 saturated heterocycles. The molecule has 1 unspecified atom stereocenters. The Labute approximate surface area is 175 Å². The summed E-state index contributed by atoms with van der Waals surface area (Å²) in [7, 11) is 0. The number of hydrogen-bond acceptors (Lipinski definition) is 5. The Hall–Kier alpha value is -3.65. The fraction of sp³-hybridized carbons (Fsp3) is 0.143. The van der Waals surface area contributed by atoms with Crippen molar-refractivity contribution >= 4 is 23.3 Å². The summed E-state index contributed by atoms with van der Waals surface area (Å²) < 4.78 is 7.64. The van der Waals surface area contributed by atoms with Crippen molar-refractivity contribution in [2.45, 2.75) is 19.3 Å². The molecule has 2 N–H and O–H groups in total. The van der Waals surface area contributed by atoms with Crippen LogP contribution in [0.4, 0.5) is 5.82 Å². The minimum absolute atomic E-state index is 0.154. The minimum atomic E-state index is -0.317. The highest BCUT2D eigenvalue weighted by atomic mass is 35.5. The lowest BCUT2D eigenvalue weighted by molar-refractivity contribution is -0.116. The van der Waals surface area contributed by atoms with E-state index in [1.165, 1.54) is 10.7 Å². The van der Waals surface area contributed by atoms with Crippen LogP contribution in [0.2, 0.25) is 5.02 Å². The van der Waals surface area contributed by atoms with E-state index in [2.05, 4.69) is 20.6 Å². The zero-order valence-electron chi connectivity index (χ0n) is 15.8. The normalized spacial score (nSPS) is 15.7. The summed E-state index contributed by atoms with van der Waals surface area (Å²) in [6, 6.07) is 14.1. The first-order valence-corrected chi connectivity index (χ1v) is 9.68. The van der Waals surface area contributed by atoms with Crippen molar-refractivity contribution in [1.82, 2.24) is 20.0 Å². The number of aromatic nitrogens is 4. The van der Waals surface area contributed by atoms with Crippen molar-refractivity contribution in [3.05, 3.63) is 80.9 Å². The molecule has 1 aliphatic rings. The van der Waals surface area contributed by atoms with Gasteiger partial charge >= 0.3 is 0 Å². The molecule has 1 amide bonds. The molecule has 30 heavy (non-hydrogen) atoms. The van der Waals surface area contributed by atoms with E-state index in [1.54, 1.807) is 12.1 Å². The second-order valence-corrected chi connectivity index (χ2v) is 7.49. The first kappa shape index (κ1) is 18.4. The molecule has 4 aromatic rings. The second-order valence-electron chi connectivity index (χ2n) is 7.06. The first-order chi connectivity index (χ1) is 14.5. The molecule has 0 radical (unpaired) electrons. The molecule has 5 rings (SSSR count). The number of carbonyl (C=O) groups is 1. The Morgan fingerprint density at radius 1 is 1.17 bits per heavy atom. The van der Waals surface area contributed by atoms with Gasteiger partial charge in [0.15, 0.2) is 5.82 Å². The quantitative estimate of drug-likeness (QED) is 0.525. The van der Waals surface area contributed by atoms with Crippen molar-refractivity contribution in [2.24, 2.45) is 0 Å². The van der Waals surface area contributed by atoms with Gasteiger partial charge in [-0.3, -0.25) is 9.59 Å². The van der Waals surface area contributed by atoms with E-state index >= 15 is 0 Å². The smallest absolute Gasteiger partial charge is 0.264 e. The summed E-state index contributed by atoms with van der Waals surface area (Å²) in [4.78, 5) is 23.8. The van der Waals surface area contributed by atoms with Gasteiger partial charge in [-0.2, -0.15) is 14.9 Å². The average Bonchev–Trinajstić information content (AvgIpc) is 3.34.